The highest BCUT2D eigenvalue weighted by atomic mass is 16.5. The van der Waals surface area contributed by atoms with E-state index in [2.05, 4.69) is 40.4 Å². The molecule has 6 aliphatic heterocycles. The third kappa shape index (κ3) is 5.94. The van der Waals surface area contributed by atoms with Crippen LogP contribution in [-0.2, 0) is 6.54 Å². The number of aliphatic hydroxyl groups excluding tert-OH is 2. The lowest BCUT2D eigenvalue weighted by Crippen LogP contribution is -2.54. The van der Waals surface area contributed by atoms with E-state index >= 15 is 0 Å². The summed E-state index contributed by atoms with van der Waals surface area (Å²) in [5.41, 5.74) is 4.12. The van der Waals surface area contributed by atoms with Crippen molar-refractivity contribution < 1.29 is 19.7 Å². The summed E-state index contributed by atoms with van der Waals surface area (Å²) in [6.07, 6.45) is 7.02. The molecule has 10 rings (SSSR count). The molecule has 0 spiro atoms. The Labute approximate surface area is 294 Å². The molecular weight excluding hydrogens is 626 g/mol. The fourth-order valence-electron chi connectivity index (χ4n) is 9.45. The Morgan fingerprint density at radius 1 is 0.780 bits per heavy atom. The first kappa shape index (κ1) is 33.1. The summed E-state index contributed by atoms with van der Waals surface area (Å²) in [5.74, 6) is 4.19. The van der Waals surface area contributed by atoms with Gasteiger partial charge in [-0.2, -0.15) is 0 Å². The van der Waals surface area contributed by atoms with Crippen LogP contribution in [0.25, 0.3) is 21.8 Å². The Kier molecular flexibility index (Phi) is 9.02. The van der Waals surface area contributed by atoms with Crippen molar-refractivity contribution in [3.8, 4) is 11.5 Å². The highest BCUT2D eigenvalue weighted by molar-refractivity contribution is 5.86. The summed E-state index contributed by atoms with van der Waals surface area (Å²) in [7, 11) is 3.32. The Morgan fingerprint density at radius 2 is 1.30 bits per heavy atom. The molecule has 9 heteroatoms. The Morgan fingerprint density at radius 3 is 1.78 bits per heavy atom. The minimum Gasteiger partial charge on any atom is -0.497 e. The number of nitrogens with one attached hydrogen (secondary N) is 1. The summed E-state index contributed by atoms with van der Waals surface area (Å²) in [6.45, 7) is 12.4. The molecule has 6 saturated heterocycles. The Hall–Kier alpha value is -4.02. The second kappa shape index (κ2) is 13.6. The van der Waals surface area contributed by atoms with Gasteiger partial charge in [0.15, 0.2) is 0 Å². The molecule has 6 fully saturated rings. The monoisotopic (exact) mass is 675 g/mol. The molecule has 2 aromatic carbocycles. The average molecular weight is 676 g/mol. The zero-order valence-electron chi connectivity index (χ0n) is 29.2. The van der Waals surface area contributed by atoms with E-state index < -0.39 is 12.2 Å². The van der Waals surface area contributed by atoms with Gasteiger partial charge in [-0.25, -0.2) is 4.98 Å². The zero-order valence-corrected chi connectivity index (χ0v) is 29.2. The fourth-order valence-corrected chi connectivity index (χ4v) is 9.45. The van der Waals surface area contributed by atoms with Gasteiger partial charge in [-0.1, -0.05) is 12.2 Å². The molecule has 0 amide bonds. The maximum atomic E-state index is 12.0. The normalized spacial score (nSPS) is 29.8. The van der Waals surface area contributed by atoms with Crippen LogP contribution in [0.15, 0.2) is 73.8 Å². The average Bonchev–Trinajstić information content (AvgIpc) is 3.18. The van der Waals surface area contributed by atoms with Crippen molar-refractivity contribution in [3.63, 3.8) is 0 Å². The SMILES string of the molecule is C=C[C@H]1CN2CCC1C[C@H]2[C@H](O)c1cc(CNc2cc([C@@H](O)[C@@H]3CC4CCN3C[C@@H]4C=C)c3cc(OC)ccc3n2)nc2ccc(OC)cc12. The van der Waals surface area contributed by atoms with Gasteiger partial charge in [0, 0.05) is 35.9 Å². The first-order valence-corrected chi connectivity index (χ1v) is 18.2. The van der Waals surface area contributed by atoms with E-state index in [9.17, 15) is 10.2 Å². The largest absolute Gasteiger partial charge is 0.497 e. The van der Waals surface area contributed by atoms with Gasteiger partial charge in [-0.3, -0.25) is 14.8 Å². The van der Waals surface area contributed by atoms with E-state index in [0.29, 0.717) is 36.0 Å². The summed E-state index contributed by atoms with van der Waals surface area (Å²) >= 11 is 0. The molecule has 2 aromatic heterocycles. The van der Waals surface area contributed by atoms with Crippen LogP contribution in [0.4, 0.5) is 5.82 Å². The molecule has 0 saturated carbocycles. The topological polar surface area (TPSA) is 103 Å². The molecule has 0 radical (unpaired) electrons. The van der Waals surface area contributed by atoms with Crippen molar-refractivity contribution in [2.45, 2.75) is 56.5 Å². The van der Waals surface area contributed by atoms with Crippen LogP contribution >= 0.6 is 0 Å². The van der Waals surface area contributed by atoms with E-state index in [4.69, 9.17) is 19.4 Å². The fraction of sp³-hybridized carbons (Fsp3) is 0.463. The van der Waals surface area contributed by atoms with Crippen LogP contribution in [-0.4, -0.2) is 82.5 Å². The molecule has 9 nitrogen and oxygen atoms in total. The Balaban J connectivity index is 1.11. The predicted molar refractivity (Wildman–Crippen MR) is 197 cm³/mol. The first-order chi connectivity index (χ1) is 24.4. The van der Waals surface area contributed by atoms with Crippen molar-refractivity contribution in [2.24, 2.45) is 23.7 Å². The second-order valence-corrected chi connectivity index (χ2v) is 14.8. The van der Waals surface area contributed by atoms with Crippen LogP contribution < -0.4 is 14.8 Å². The maximum absolute atomic E-state index is 12.0. The van der Waals surface area contributed by atoms with Crippen LogP contribution in [0.2, 0.25) is 0 Å². The highest BCUT2D eigenvalue weighted by Crippen LogP contribution is 2.44. The van der Waals surface area contributed by atoms with Crippen LogP contribution in [0.5, 0.6) is 11.5 Å². The number of methoxy groups -OCH3 is 2. The smallest absolute Gasteiger partial charge is 0.127 e. The van der Waals surface area contributed by atoms with Gasteiger partial charge in [0.1, 0.15) is 17.3 Å². The minimum absolute atomic E-state index is 0.0327. The number of pyridine rings is 2. The van der Waals surface area contributed by atoms with Crippen LogP contribution in [0.1, 0.15) is 54.7 Å². The number of aromatic nitrogens is 2. The van der Waals surface area contributed by atoms with Gasteiger partial charge in [0.25, 0.3) is 0 Å². The summed E-state index contributed by atoms with van der Waals surface area (Å²) < 4.78 is 11.2. The molecule has 8 heterocycles. The number of hydrogen-bond acceptors (Lipinski definition) is 9. The standard InChI is InChI=1S/C41H49N5O4/c1-5-24-22-45-13-11-26(24)15-37(45)40(47)33-17-28(43-35-9-7-29(49-3)18-31(33)35)21-42-39-20-34(32-19-30(50-4)8-10-36(32)44-39)41(48)38-16-27-12-14-46(38)23-25(27)6-2/h5-10,17-20,24-27,37-38,40-41,47-48H,1-2,11-16,21-23H2,3-4H3,(H,42,44)/t24-,25-,26?,27?,37-,38-,40+,41+/m0/s1. The third-order valence-electron chi connectivity index (χ3n) is 12.3. The summed E-state index contributed by atoms with van der Waals surface area (Å²) in [5, 5.41) is 29.4. The van der Waals surface area contributed by atoms with E-state index in [0.717, 1.165) is 102 Å². The van der Waals surface area contributed by atoms with Gasteiger partial charge in [0.2, 0.25) is 0 Å². The number of benzene rings is 2. The maximum Gasteiger partial charge on any atom is 0.127 e. The minimum atomic E-state index is -0.682. The van der Waals surface area contributed by atoms with E-state index in [-0.39, 0.29) is 12.1 Å². The quantitative estimate of drug-likeness (QED) is 0.159. The first-order valence-electron chi connectivity index (χ1n) is 18.2. The number of anilines is 1. The summed E-state index contributed by atoms with van der Waals surface area (Å²) in [4.78, 5) is 14.9. The van der Waals surface area contributed by atoms with Crippen molar-refractivity contribution >= 4 is 27.6 Å². The van der Waals surface area contributed by atoms with Gasteiger partial charge in [0.05, 0.1) is 49.7 Å². The Bertz CT molecular complexity index is 1780. The van der Waals surface area contributed by atoms with Crippen LogP contribution in [0, 0.1) is 23.7 Å². The molecule has 10 atom stereocenters. The van der Waals surface area contributed by atoms with E-state index in [1.54, 1.807) is 14.2 Å². The third-order valence-corrected chi connectivity index (χ3v) is 12.3. The van der Waals surface area contributed by atoms with E-state index in [1.807, 2.05) is 48.5 Å². The van der Waals surface area contributed by atoms with E-state index in [1.165, 1.54) is 0 Å². The summed E-state index contributed by atoms with van der Waals surface area (Å²) in [6, 6.07) is 15.8. The zero-order chi connectivity index (χ0) is 34.5. The lowest BCUT2D eigenvalue weighted by Gasteiger charge is -2.50. The highest BCUT2D eigenvalue weighted by Gasteiger charge is 2.43. The second-order valence-electron chi connectivity index (χ2n) is 14.8. The molecular formula is C41H49N5O4. The van der Waals surface area contributed by atoms with Gasteiger partial charge in [-0.15, -0.1) is 13.2 Å². The molecule has 0 aliphatic carbocycles. The number of ether oxygens (including phenoxy) is 2. The number of piperidine rings is 6. The van der Waals surface area contributed by atoms with Gasteiger partial charge in [-0.05, 0) is 122 Å². The van der Waals surface area contributed by atoms with Crippen molar-refractivity contribution in [3.05, 3.63) is 90.7 Å². The molecule has 3 N–H and O–H groups in total. The lowest BCUT2D eigenvalue weighted by atomic mass is 9.73. The van der Waals surface area contributed by atoms with Crippen molar-refractivity contribution in [1.82, 2.24) is 19.8 Å². The van der Waals surface area contributed by atoms with Crippen molar-refractivity contribution in [2.75, 3.05) is 45.7 Å². The molecule has 4 aromatic rings. The van der Waals surface area contributed by atoms with Crippen molar-refractivity contribution in [1.29, 1.82) is 0 Å². The van der Waals surface area contributed by atoms with Crippen LogP contribution in [0.3, 0.4) is 0 Å². The number of aliphatic hydroxyl groups is 2. The molecule has 50 heavy (non-hydrogen) atoms. The molecule has 4 bridgehead atoms. The number of hydrogen-bond donors (Lipinski definition) is 3. The molecule has 6 aliphatic rings. The molecule has 4 unspecified atom stereocenters. The molecule has 262 valence electrons. The van der Waals surface area contributed by atoms with Gasteiger partial charge >= 0.3 is 0 Å². The number of nitrogens with zero attached hydrogens (tertiary/aromatic N) is 4. The predicted octanol–water partition coefficient (Wildman–Crippen LogP) is 6.27. The lowest BCUT2D eigenvalue weighted by molar-refractivity contribution is -0.0445. The van der Waals surface area contributed by atoms with Gasteiger partial charge < -0.3 is 25.0 Å². The number of fused-ring (bicyclic) bond motifs is 8. The number of rotatable bonds is 11.